The van der Waals surface area contributed by atoms with Crippen LogP contribution in [0.15, 0.2) is 36.4 Å². The van der Waals surface area contributed by atoms with E-state index in [0.717, 1.165) is 24.8 Å². The highest BCUT2D eigenvalue weighted by atomic mass is 35.5. The molecule has 2 aromatic carbocycles. The Morgan fingerprint density at radius 1 is 1.16 bits per heavy atom. The first-order valence-electron chi connectivity index (χ1n) is 8.35. The fourth-order valence-corrected chi connectivity index (χ4v) is 3.27. The molecule has 5 heteroatoms. The normalized spacial score (nSPS) is 12.6. The van der Waals surface area contributed by atoms with Gasteiger partial charge in [0.2, 0.25) is 0 Å². The van der Waals surface area contributed by atoms with Gasteiger partial charge in [0.25, 0.3) is 0 Å². The molecule has 0 atom stereocenters. The van der Waals surface area contributed by atoms with Crippen molar-refractivity contribution in [1.82, 2.24) is 0 Å². The maximum atomic E-state index is 12.5. The third-order valence-corrected chi connectivity index (χ3v) is 4.44. The molecule has 1 aliphatic carbocycles. The maximum absolute atomic E-state index is 12.5. The molecule has 0 amide bonds. The summed E-state index contributed by atoms with van der Waals surface area (Å²) in [4.78, 5) is 24.4. The van der Waals surface area contributed by atoms with Gasteiger partial charge < -0.3 is 9.47 Å². The molecule has 0 bridgehead atoms. The van der Waals surface area contributed by atoms with Crippen molar-refractivity contribution in [2.75, 3.05) is 6.61 Å². The Labute approximate surface area is 151 Å². The summed E-state index contributed by atoms with van der Waals surface area (Å²) in [7, 11) is 0. The van der Waals surface area contributed by atoms with E-state index in [0.29, 0.717) is 28.5 Å². The Morgan fingerprint density at radius 2 is 2.00 bits per heavy atom. The van der Waals surface area contributed by atoms with E-state index in [9.17, 15) is 9.59 Å². The van der Waals surface area contributed by atoms with Crippen molar-refractivity contribution in [2.24, 2.45) is 0 Å². The van der Waals surface area contributed by atoms with Gasteiger partial charge in [0.05, 0.1) is 18.6 Å². The molecular formula is C20H19ClO4. The van der Waals surface area contributed by atoms with Gasteiger partial charge in [-0.15, -0.1) is 0 Å². The average Bonchev–Trinajstić information content (AvgIpc) is 3.06. The lowest BCUT2D eigenvalue weighted by molar-refractivity contribution is -0.142. The van der Waals surface area contributed by atoms with Crippen LogP contribution in [0.3, 0.4) is 0 Å². The highest BCUT2D eigenvalue weighted by Crippen LogP contribution is 2.35. The zero-order valence-corrected chi connectivity index (χ0v) is 14.8. The lowest BCUT2D eigenvalue weighted by atomic mass is 10.0. The molecule has 4 nitrogen and oxygen atoms in total. The second-order valence-corrected chi connectivity index (χ2v) is 6.36. The fraction of sp³-hybridized carbons (Fsp3) is 0.300. The van der Waals surface area contributed by atoms with Crippen molar-refractivity contribution in [3.63, 3.8) is 0 Å². The van der Waals surface area contributed by atoms with E-state index in [-0.39, 0.29) is 12.4 Å². The molecule has 0 fully saturated rings. The molecule has 0 saturated carbocycles. The van der Waals surface area contributed by atoms with Gasteiger partial charge in [0.15, 0.2) is 0 Å². The van der Waals surface area contributed by atoms with E-state index in [4.69, 9.17) is 21.1 Å². The minimum absolute atomic E-state index is 0.0826. The fourth-order valence-electron chi connectivity index (χ4n) is 3.08. The Hall–Kier alpha value is -2.33. The lowest BCUT2D eigenvalue weighted by Gasteiger charge is -2.14. The van der Waals surface area contributed by atoms with Gasteiger partial charge in [-0.1, -0.05) is 29.8 Å². The Kier molecular flexibility index (Phi) is 5.39. The SMILES string of the molecule is CCOC(=O)Cc1ccc2c(c1OC(=O)c1cccc(Cl)c1)CCC2. The van der Waals surface area contributed by atoms with E-state index in [1.54, 1.807) is 31.2 Å². The van der Waals surface area contributed by atoms with Crippen LogP contribution in [0.5, 0.6) is 5.75 Å². The molecule has 0 saturated heterocycles. The van der Waals surface area contributed by atoms with Crippen LogP contribution < -0.4 is 4.74 Å². The second kappa shape index (κ2) is 7.70. The summed E-state index contributed by atoms with van der Waals surface area (Å²) in [6, 6.07) is 10.5. The van der Waals surface area contributed by atoms with E-state index in [2.05, 4.69) is 0 Å². The number of benzene rings is 2. The molecule has 0 aliphatic heterocycles. The summed E-state index contributed by atoms with van der Waals surface area (Å²) in [6.07, 6.45) is 2.89. The van der Waals surface area contributed by atoms with Crippen molar-refractivity contribution in [3.05, 3.63) is 63.7 Å². The number of carbonyl (C=O) groups is 2. The molecular weight excluding hydrogens is 340 g/mol. The van der Waals surface area contributed by atoms with Gasteiger partial charge in [0.1, 0.15) is 5.75 Å². The predicted molar refractivity (Wildman–Crippen MR) is 95.2 cm³/mol. The first kappa shape index (κ1) is 17.5. The van der Waals surface area contributed by atoms with E-state index < -0.39 is 5.97 Å². The van der Waals surface area contributed by atoms with Crippen LogP contribution >= 0.6 is 11.6 Å². The van der Waals surface area contributed by atoms with Crippen molar-refractivity contribution in [3.8, 4) is 5.75 Å². The van der Waals surface area contributed by atoms with Crippen LogP contribution in [-0.2, 0) is 28.8 Å². The molecule has 1 aliphatic rings. The molecule has 25 heavy (non-hydrogen) atoms. The zero-order valence-electron chi connectivity index (χ0n) is 14.0. The van der Waals surface area contributed by atoms with Gasteiger partial charge in [-0.05, 0) is 55.5 Å². The largest absolute Gasteiger partial charge is 0.466 e. The number of hydrogen-bond acceptors (Lipinski definition) is 4. The summed E-state index contributed by atoms with van der Waals surface area (Å²) in [5.41, 5.74) is 3.23. The molecule has 2 aromatic rings. The number of hydrogen-bond donors (Lipinski definition) is 0. The van der Waals surface area contributed by atoms with Crippen LogP contribution in [0.25, 0.3) is 0 Å². The zero-order chi connectivity index (χ0) is 17.8. The monoisotopic (exact) mass is 358 g/mol. The first-order valence-corrected chi connectivity index (χ1v) is 8.73. The van der Waals surface area contributed by atoms with Gasteiger partial charge in [-0.2, -0.15) is 0 Å². The number of halogens is 1. The topological polar surface area (TPSA) is 52.6 Å². The Balaban J connectivity index is 1.91. The Morgan fingerprint density at radius 3 is 2.76 bits per heavy atom. The van der Waals surface area contributed by atoms with Crippen molar-refractivity contribution < 1.29 is 19.1 Å². The van der Waals surface area contributed by atoms with Crippen LogP contribution in [-0.4, -0.2) is 18.5 Å². The van der Waals surface area contributed by atoms with Gasteiger partial charge in [-0.25, -0.2) is 4.79 Å². The van der Waals surface area contributed by atoms with Gasteiger partial charge in [-0.3, -0.25) is 4.79 Å². The smallest absolute Gasteiger partial charge is 0.343 e. The van der Waals surface area contributed by atoms with E-state index >= 15 is 0 Å². The van der Waals surface area contributed by atoms with E-state index in [1.807, 2.05) is 12.1 Å². The Bertz CT molecular complexity index is 813. The summed E-state index contributed by atoms with van der Waals surface area (Å²) in [5, 5.41) is 0.472. The third-order valence-electron chi connectivity index (χ3n) is 4.21. The molecule has 130 valence electrons. The number of fused-ring (bicyclic) bond motifs is 1. The molecule has 0 spiro atoms. The summed E-state index contributed by atoms with van der Waals surface area (Å²) in [5.74, 6) is -0.318. The lowest BCUT2D eigenvalue weighted by Crippen LogP contribution is -2.14. The van der Waals surface area contributed by atoms with Crippen molar-refractivity contribution in [2.45, 2.75) is 32.6 Å². The van der Waals surface area contributed by atoms with Crippen LogP contribution in [0.2, 0.25) is 5.02 Å². The van der Waals surface area contributed by atoms with Crippen molar-refractivity contribution >= 4 is 23.5 Å². The minimum atomic E-state index is -0.479. The molecule has 0 radical (unpaired) electrons. The highest BCUT2D eigenvalue weighted by molar-refractivity contribution is 6.30. The van der Waals surface area contributed by atoms with Crippen LogP contribution in [0.4, 0.5) is 0 Å². The highest BCUT2D eigenvalue weighted by Gasteiger charge is 2.23. The summed E-state index contributed by atoms with van der Waals surface area (Å²) >= 11 is 5.95. The van der Waals surface area contributed by atoms with Gasteiger partial charge >= 0.3 is 11.9 Å². The number of aryl methyl sites for hydroxylation is 1. The first-order chi connectivity index (χ1) is 12.1. The maximum Gasteiger partial charge on any atom is 0.343 e. The average molecular weight is 359 g/mol. The van der Waals surface area contributed by atoms with Crippen molar-refractivity contribution in [1.29, 1.82) is 0 Å². The molecule has 0 heterocycles. The number of esters is 2. The molecule has 0 N–H and O–H groups in total. The number of ether oxygens (including phenoxy) is 2. The second-order valence-electron chi connectivity index (χ2n) is 5.93. The quantitative estimate of drug-likeness (QED) is 0.595. The number of rotatable bonds is 5. The summed E-state index contributed by atoms with van der Waals surface area (Å²) in [6.45, 7) is 2.09. The number of carbonyl (C=O) groups excluding carboxylic acids is 2. The summed E-state index contributed by atoms with van der Waals surface area (Å²) < 4.78 is 10.7. The molecule has 0 unspecified atom stereocenters. The standard InChI is InChI=1S/C20H19ClO4/c1-2-24-18(22)12-14-10-9-13-5-4-8-17(13)19(14)25-20(23)15-6-3-7-16(21)11-15/h3,6-7,9-11H,2,4-5,8,12H2,1H3. The molecule has 3 rings (SSSR count). The molecule has 0 aromatic heterocycles. The minimum Gasteiger partial charge on any atom is -0.466 e. The third kappa shape index (κ3) is 4.02. The van der Waals surface area contributed by atoms with Crippen LogP contribution in [0.1, 0.15) is 40.4 Å². The van der Waals surface area contributed by atoms with Crippen LogP contribution in [0, 0.1) is 0 Å². The van der Waals surface area contributed by atoms with E-state index in [1.165, 1.54) is 5.56 Å². The van der Waals surface area contributed by atoms with Gasteiger partial charge in [0, 0.05) is 10.6 Å². The predicted octanol–water partition coefficient (Wildman–Crippen LogP) is 4.15.